The minimum atomic E-state index is 0.722. The third-order valence-electron chi connectivity index (χ3n) is 3.90. The fourth-order valence-corrected chi connectivity index (χ4v) is 2.78. The molecular weight excluding hydrogens is 260 g/mol. The Hall–Kier alpha value is -1.94. The molecule has 1 saturated heterocycles. The van der Waals surface area contributed by atoms with E-state index in [2.05, 4.69) is 33.8 Å². The molecule has 3 rings (SSSR count). The molecule has 1 atom stereocenters. The van der Waals surface area contributed by atoms with Crippen LogP contribution >= 0.6 is 0 Å². The number of rotatable bonds is 5. The molecule has 0 amide bonds. The summed E-state index contributed by atoms with van der Waals surface area (Å²) in [5.74, 6) is 1.67. The molecular formula is C17H22N4. The van der Waals surface area contributed by atoms with Crippen molar-refractivity contribution in [3.63, 3.8) is 0 Å². The van der Waals surface area contributed by atoms with E-state index in [0.29, 0.717) is 0 Å². The Morgan fingerprint density at radius 3 is 3.05 bits per heavy atom. The van der Waals surface area contributed by atoms with Gasteiger partial charge in [-0.3, -0.25) is 4.98 Å². The van der Waals surface area contributed by atoms with Gasteiger partial charge in [-0.05, 0) is 62.0 Å². The van der Waals surface area contributed by atoms with E-state index in [-0.39, 0.29) is 0 Å². The van der Waals surface area contributed by atoms with Crippen molar-refractivity contribution < 1.29 is 0 Å². The number of aromatic nitrogens is 2. The van der Waals surface area contributed by atoms with Crippen molar-refractivity contribution in [2.24, 2.45) is 5.92 Å². The van der Waals surface area contributed by atoms with Crippen molar-refractivity contribution in [1.29, 1.82) is 0 Å². The quantitative estimate of drug-likeness (QED) is 0.885. The largest absolute Gasteiger partial charge is 0.366 e. The van der Waals surface area contributed by atoms with E-state index in [4.69, 9.17) is 4.98 Å². The maximum Gasteiger partial charge on any atom is 0.126 e. The van der Waals surface area contributed by atoms with Gasteiger partial charge in [0.2, 0.25) is 0 Å². The molecule has 4 heteroatoms. The first-order chi connectivity index (χ1) is 10.4. The highest BCUT2D eigenvalue weighted by Gasteiger charge is 2.14. The summed E-state index contributed by atoms with van der Waals surface area (Å²) in [5.41, 5.74) is 2.35. The van der Waals surface area contributed by atoms with Crippen LogP contribution in [-0.4, -0.2) is 23.1 Å². The normalized spacial score (nSPS) is 18.4. The molecule has 1 aliphatic heterocycles. The van der Waals surface area contributed by atoms with Crippen molar-refractivity contribution in [2.45, 2.75) is 25.8 Å². The van der Waals surface area contributed by atoms with Gasteiger partial charge in [-0.25, -0.2) is 4.98 Å². The average molecular weight is 282 g/mol. The highest BCUT2D eigenvalue weighted by molar-refractivity contribution is 5.36. The zero-order valence-electron chi connectivity index (χ0n) is 12.3. The second-order valence-electron chi connectivity index (χ2n) is 5.65. The predicted molar refractivity (Wildman–Crippen MR) is 85.1 cm³/mol. The van der Waals surface area contributed by atoms with E-state index in [1.807, 2.05) is 18.3 Å². The molecule has 21 heavy (non-hydrogen) atoms. The molecule has 0 saturated carbocycles. The summed E-state index contributed by atoms with van der Waals surface area (Å²) in [5, 5.41) is 6.84. The molecule has 0 aliphatic carbocycles. The molecule has 110 valence electrons. The van der Waals surface area contributed by atoms with Gasteiger partial charge in [-0.2, -0.15) is 0 Å². The van der Waals surface area contributed by atoms with Crippen LogP contribution < -0.4 is 10.6 Å². The van der Waals surface area contributed by atoms with Crippen molar-refractivity contribution >= 4 is 5.82 Å². The molecule has 1 aliphatic rings. The highest BCUT2D eigenvalue weighted by atomic mass is 15.0. The fourth-order valence-electron chi connectivity index (χ4n) is 2.78. The number of hydrogen-bond acceptors (Lipinski definition) is 4. The molecule has 0 bridgehead atoms. The number of anilines is 1. The van der Waals surface area contributed by atoms with E-state index < -0.39 is 0 Å². The predicted octanol–water partition coefficient (Wildman–Crippen LogP) is 2.63. The molecule has 2 aromatic rings. The molecule has 4 nitrogen and oxygen atoms in total. The van der Waals surface area contributed by atoms with Crippen LogP contribution in [0.5, 0.6) is 0 Å². The van der Waals surface area contributed by atoms with Crippen molar-refractivity contribution in [2.75, 3.05) is 18.4 Å². The summed E-state index contributed by atoms with van der Waals surface area (Å²) in [7, 11) is 0. The van der Waals surface area contributed by atoms with E-state index in [9.17, 15) is 0 Å². The SMILES string of the molecule is c1cncc(CNc2cccc(C[C@@H]3CCCNC3)n2)c1. The van der Waals surface area contributed by atoms with Crippen LogP contribution in [0, 0.1) is 5.92 Å². The Morgan fingerprint density at radius 2 is 2.24 bits per heavy atom. The topological polar surface area (TPSA) is 49.8 Å². The van der Waals surface area contributed by atoms with Gasteiger partial charge in [0, 0.05) is 24.6 Å². The number of nitrogens with one attached hydrogen (secondary N) is 2. The van der Waals surface area contributed by atoms with Crippen LogP contribution in [0.25, 0.3) is 0 Å². The summed E-state index contributed by atoms with van der Waals surface area (Å²) in [6.45, 7) is 3.04. The highest BCUT2D eigenvalue weighted by Crippen LogP contribution is 2.16. The maximum atomic E-state index is 4.72. The Kier molecular flexibility index (Phi) is 4.79. The van der Waals surface area contributed by atoms with Gasteiger partial charge in [0.15, 0.2) is 0 Å². The van der Waals surface area contributed by atoms with Gasteiger partial charge in [0.25, 0.3) is 0 Å². The Bertz CT molecular complexity index is 550. The summed E-state index contributed by atoms with van der Waals surface area (Å²) in [6.07, 6.45) is 7.33. The van der Waals surface area contributed by atoms with E-state index in [0.717, 1.165) is 37.8 Å². The molecule has 0 radical (unpaired) electrons. The van der Waals surface area contributed by atoms with Crippen LogP contribution in [0.15, 0.2) is 42.7 Å². The molecule has 0 spiro atoms. The Morgan fingerprint density at radius 1 is 1.24 bits per heavy atom. The minimum Gasteiger partial charge on any atom is -0.366 e. The zero-order valence-corrected chi connectivity index (χ0v) is 12.3. The average Bonchev–Trinajstić information content (AvgIpc) is 2.55. The number of nitrogens with zero attached hydrogens (tertiary/aromatic N) is 2. The van der Waals surface area contributed by atoms with Crippen LogP contribution in [0.4, 0.5) is 5.82 Å². The lowest BCUT2D eigenvalue weighted by atomic mass is 9.94. The first kappa shape index (κ1) is 14.0. The third kappa shape index (κ3) is 4.26. The summed E-state index contributed by atoms with van der Waals surface area (Å²) < 4.78 is 0. The summed E-state index contributed by atoms with van der Waals surface area (Å²) in [4.78, 5) is 8.85. The lowest BCUT2D eigenvalue weighted by Gasteiger charge is -2.22. The number of hydrogen-bond donors (Lipinski definition) is 2. The molecule has 2 N–H and O–H groups in total. The van der Waals surface area contributed by atoms with Gasteiger partial charge in [-0.15, -0.1) is 0 Å². The first-order valence-corrected chi connectivity index (χ1v) is 7.69. The van der Waals surface area contributed by atoms with E-state index in [1.165, 1.54) is 24.1 Å². The van der Waals surface area contributed by atoms with Crippen molar-refractivity contribution in [1.82, 2.24) is 15.3 Å². The summed E-state index contributed by atoms with van der Waals surface area (Å²) in [6, 6.07) is 10.3. The Balaban J connectivity index is 1.57. The second-order valence-corrected chi connectivity index (χ2v) is 5.65. The number of pyridine rings is 2. The first-order valence-electron chi connectivity index (χ1n) is 7.69. The zero-order chi connectivity index (χ0) is 14.3. The second kappa shape index (κ2) is 7.18. The standard InChI is InChI=1S/C17H22N4/c1-6-16(10-14-4-2-8-18-11-14)21-17(7-1)20-13-15-5-3-9-19-12-15/h1,3,5-7,9,12,14,18H,2,4,8,10-11,13H2,(H,20,21)/t14-/m0/s1. The third-order valence-corrected chi connectivity index (χ3v) is 3.90. The lowest BCUT2D eigenvalue weighted by Crippen LogP contribution is -2.31. The van der Waals surface area contributed by atoms with Crippen LogP contribution in [-0.2, 0) is 13.0 Å². The summed E-state index contributed by atoms with van der Waals surface area (Å²) >= 11 is 0. The van der Waals surface area contributed by atoms with Gasteiger partial charge in [0.1, 0.15) is 5.82 Å². The molecule has 2 aromatic heterocycles. The van der Waals surface area contributed by atoms with Crippen LogP contribution in [0.2, 0.25) is 0 Å². The molecule has 1 fully saturated rings. The van der Waals surface area contributed by atoms with Gasteiger partial charge < -0.3 is 10.6 Å². The smallest absolute Gasteiger partial charge is 0.126 e. The van der Waals surface area contributed by atoms with E-state index >= 15 is 0 Å². The van der Waals surface area contributed by atoms with Crippen LogP contribution in [0.3, 0.4) is 0 Å². The van der Waals surface area contributed by atoms with Gasteiger partial charge >= 0.3 is 0 Å². The fraction of sp³-hybridized carbons (Fsp3) is 0.412. The number of piperidine rings is 1. The van der Waals surface area contributed by atoms with Crippen molar-refractivity contribution in [3.05, 3.63) is 54.0 Å². The Labute approximate surface area is 126 Å². The van der Waals surface area contributed by atoms with Crippen LogP contribution in [0.1, 0.15) is 24.1 Å². The molecule has 0 unspecified atom stereocenters. The van der Waals surface area contributed by atoms with Gasteiger partial charge in [0.05, 0.1) is 0 Å². The minimum absolute atomic E-state index is 0.722. The van der Waals surface area contributed by atoms with Crippen molar-refractivity contribution in [3.8, 4) is 0 Å². The van der Waals surface area contributed by atoms with Gasteiger partial charge in [-0.1, -0.05) is 12.1 Å². The molecule has 0 aromatic carbocycles. The maximum absolute atomic E-state index is 4.72. The van der Waals surface area contributed by atoms with E-state index in [1.54, 1.807) is 6.20 Å². The lowest BCUT2D eigenvalue weighted by molar-refractivity contribution is 0.373. The monoisotopic (exact) mass is 282 g/mol. The molecule has 3 heterocycles.